The van der Waals surface area contributed by atoms with Crippen LogP contribution < -0.4 is 10.6 Å². The lowest BCUT2D eigenvalue weighted by atomic mass is 10.1. The Hall–Kier alpha value is -1.95. The van der Waals surface area contributed by atoms with Crippen molar-refractivity contribution in [1.82, 2.24) is 10.2 Å². The van der Waals surface area contributed by atoms with Gasteiger partial charge in [-0.25, -0.2) is 0 Å². The zero-order chi connectivity index (χ0) is 16.2. The van der Waals surface area contributed by atoms with Crippen LogP contribution >= 0.6 is 15.9 Å². The molecule has 2 rings (SSSR count). The summed E-state index contributed by atoms with van der Waals surface area (Å²) in [5.74, 6) is 0.991. The number of aromatic nitrogens is 2. The van der Waals surface area contributed by atoms with E-state index < -0.39 is 0 Å². The van der Waals surface area contributed by atoms with Gasteiger partial charge in [0.1, 0.15) is 5.82 Å². The molecule has 0 atom stereocenters. The number of anilines is 2. The molecule has 22 heavy (non-hydrogen) atoms. The van der Waals surface area contributed by atoms with Crippen LogP contribution in [0.4, 0.5) is 11.6 Å². The van der Waals surface area contributed by atoms with E-state index in [1.807, 2.05) is 45.0 Å². The lowest BCUT2D eigenvalue weighted by molar-refractivity contribution is -0.115. The molecule has 0 aliphatic rings. The summed E-state index contributed by atoms with van der Waals surface area (Å²) in [7, 11) is 0. The van der Waals surface area contributed by atoms with Gasteiger partial charge in [-0.3, -0.25) is 4.79 Å². The number of nitrogens with one attached hydrogen (secondary N) is 2. The number of carbonyl (C=O) groups excluding carboxylic acids is 1. The molecule has 5 nitrogen and oxygen atoms in total. The highest BCUT2D eigenvalue weighted by atomic mass is 79.9. The summed E-state index contributed by atoms with van der Waals surface area (Å²) in [6.07, 6.45) is 0.283. The molecule has 1 amide bonds. The Kier molecular flexibility index (Phi) is 5.13. The number of benzene rings is 1. The molecule has 0 radical (unpaired) electrons. The highest BCUT2D eigenvalue weighted by Gasteiger charge is 2.11. The molecule has 0 saturated heterocycles. The smallest absolute Gasteiger partial charge is 0.230 e. The van der Waals surface area contributed by atoms with Crippen molar-refractivity contribution in [3.63, 3.8) is 0 Å². The Morgan fingerprint density at radius 2 is 1.73 bits per heavy atom. The quantitative estimate of drug-likeness (QED) is 0.871. The normalized spacial score (nSPS) is 11.1. The second-order valence-corrected chi connectivity index (χ2v) is 6.85. The van der Waals surface area contributed by atoms with Crippen LogP contribution in [0.25, 0.3) is 0 Å². The fraction of sp³-hybridized carbons (Fsp3) is 0.312. The summed E-state index contributed by atoms with van der Waals surface area (Å²) >= 11 is 3.43. The Labute approximate surface area is 138 Å². The topological polar surface area (TPSA) is 66.9 Å². The summed E-state index contributed by atoms with van der Waals surface area (Å²) in [5, 5.41) is 14.0. The Morgan fingerprint density at radius 1 is 1.09 bits per heavy atom. The maximum atomic E-state index is 12.0. The van der Waals surface area contributed by atoms with Gasteiger partial charge in [-0.2, -0.15) is 0 Å². The zero-order valence-corrected chi connectivity index (χ0v) is 14.4. The van der Waals surface area contributed by atoms with E-state index in [1.54, 1.807) is 12.1 Å². The number of rotatable bonds is 4. The van der Waals surface area contributed by atoms with E-state index >= 15 is 0 Å². The van der Waals surface area contributed by atoms with Gasteiger partial charge in [-0.05, 0) is 44.5 Å². The summed E-state index contributed by atoms with van der Waals surface area (Å²) in [5.41, 5.74) is 0.845. The van der Waals surface area contributed by atoms with Crippen molar-refractivity contribution in [3.8, 4) is 0 Å². The second kappa shape index (κ2) is 6.87. The summed E-state index contributed by atoms with van der Waals surface area (Å²) in [6.45, 7) is 6.13. The molecular formula is C16H19BrN4O. The van der Waals surface area contributed by atoms with Crippen molar-refractivity contribution in [1.29, 1.82) is 0 Å². The van der Waals surface area contributed by atoms with Gasteiger partial charge >= 0.3 is 0 Å². The number of carbonyl (C=O) groups is 1. The first-order valence-corrected chi connectivity index (χ1v) is 7.78. The van der Waals surface area contributed by atoms with Gasteiger partial charge in [0, 0.05) is 10.0 Å². The number of amides is 1. The van der Waals surface area contributed by atoms with Gasteiger partial charge in [-0.15, -0.1) is 10.2 Å². The number of halogens is 1. The molecule has 1 aromatic heterocycles. The minimum atomic E-state index is -0.127. The molecule has 0 saturated carbocycles. The van der Waals surface area contributed by atoms with Crippen LogP contribution in [0.15, 0.2) is 40.9 Å². The zero-order valence-electron chi connectivity index (χ0n) is 12.9. The maximum Gasteiger partial charge on any atom is 0.230 e. The monoisotopic (exact) mass is 362 g/mol. The third-order valence-electron chi connectivity index (χ3n) is 2.74. The molecule has 1 aromatic carbocycles. The van der Waals surface area contributed by atoms with Crippen LogP contribution in [-0.4, -0.2) is 21.6 Å². The molecule has 0 bridgehead atoms. The highest BCUT2D eigenvalue weighted by molar-refractivity contribution is 9.10. The van der Waals surface area contributed by atoms with Gasteiger partial charge < -0.3 is 10.6 Å². The molecule has 0 aliphatic carbocycles. The van der Waals surface area contributed by atoms with Crippen molar-refractivity contribution < 1.29 is 4.79 Å². The number of hydrogen-bond acceptors (Lipinski definition) is 4. The van der Waals surface area contributed by atoms with Crippen LogP contribution in [0.1, 0.15) is 26.3 Å². The predicted molar refractivity (Wildman–Crippen MR) is 91.9 cm³/mol. The molecule has 0 unspecified atom stereocenters. The first-order valence-electron chi connectivity index (χ1n) is 6.99. The minimum absolute atomic E-state index is 0.0843. The van der Waals surface area contributed by atoms with Crippen molar-refractivity contribution in [2.75, 3.05) is 10.6 Å². The van der Waals surface area contributed by atoms with Gasteiger partial charge in [0.15, 0.2) is 5.82 Å². The second-order valence-electron chi connectivity index (χ2n) is 6.00. The average molecular weight is 363 g/mol. The highest BCUT2D eigenvalue weighted by Crippen LogP contribution is 2.17. The van der Waals surface area contributed by atoms with Gasteiger partial charge in [0.2, 0.25) is 5.91 Å². The first kappa shape index (κ1) is 16.4. The Morgan fingerprint density at radius 3 is 2.32 bits per heavy atom. The van der Waals surface area contributed by atoms with E-state index in [0.29, 0.717) is 11.6 Å². The average Bonchev–Trinajstić information content (AvgIpc) is 2.42. The molecule has 0 fully saturated rings. The van der Waals surface area contributed by atoms with Crippen molar-refractivity contribution >= 4 is 33.5 Å². The predicted octanol–water partition coefficient (Wildman–Crippen LogP) is 3.63. The van der Waals surface area contributed by atoms with E-state index in [-0.39, 0.29) is 17.9 Å². The molecule has 2 aromatic rings. The molecule has 6 heteroatoms. The van der Waals surface area contributed by atoms with Crippen LogP contribution in [0.3, 0.4) is 0 Å². The lowest BCUT2D eigenvalue weighted by Gasteiger charge is -2.20. The number of nitrogens with zero attached hydrogens (tertiary/aromatic N) is 2. The van der Waals surface area contributed by atoms with Crippen LogP contribution in [-0.2, 0) is 11.2 Å². The molecule has 0 aliphatic heterocycles. The molecule has 116 valence electrons. The SMILES string of the molecule is CC(C)(C)Nc1ccc(NC(=O)Cc2ccccc2Br)nn1. The van der Waals surface area contributed by atoms with Gasteiger partial charge in [0.05, 0.1) is 6.42 Å². The van der Waals surface area contributed by atoms with Crippen LogP contribution in [0.2, 0.25) is 0 Å². The van der Waals surface area contributed by atoms with E-state index in [9.17, 15) is 4.79 Å². The fourth-order valence-electron chi connectivity index (χ4n) is 1.85. The van der Waals surface area contributed by atoms with Crippen LogP contribution in [0.5, 0.6) is 0 Å². The molecule has 0 spiro atoms. The summed E-state index contributed by atoms with van der Waals surface area (Å²) < 4.78 is 0.918. The summed E-state index contributed by atoms with van der Waals surface area (Å²) in [4.78, 5) is 12.0. The Bertz CT molecular complexity index is 650. The van der Waals surface area contributed by atoms with Crippen molar-refractivity contribution in [2.45, 2.75) is 32.7 Å². The third-order valence-corrected chi connectivity index (χ3v) is 3.52. The number of hydrogen-bond donors (Lipinski definition) is 2. The van der Waals surface area contributed by atoms with Crippen molar-refractivity contribution in [2.24, 2.45) is 0 Å². The van der Waals surface area contributed by atoms with Gasteiger partial charge in [-0.1, -0.05) is 34.1 Å². The van der Waals surface area contributed by atoms with Gasteiger partial charge in [0.25, 0.3) is 0 Å². The molecule has 2 N–H and O–H groups in total. The summed E-state index contributed by atoms with van der Waals surface area (Å²) in [6, 6.07) is 11.2. The molecular weight excluding hydrogens is 344 g/mol. The minimum Gasteiger partial charge on any atom is -0.364 e. The van der Waals surface area contributed by atoms with E-state index in [0.717, 1.165) is 10.0 Å². The lowest BCUT2D eigenvalue weighted by Crippen LogP contribution is -2.27. The Balaban J connectivity index is 1.96. The standard InChI is InChI=1S/C16H19BrN4O/c1-16(2,3)19-14-9-8-13(20-21-14)18-15(22)10-11-6-4-5-7-12(11)17/h4-9H,10H2,1-3H3,(H,19,21)(H,18,20,22). The van der Waals surface area contributed by atoms with Crippen molar-refractivity contribution in [3.05, 3.63) is 46.4 Å². The van der Waals surface area contributed by atoms with E-state index in [4.69, 9.17) is 0 Å². The maximum absolute atomic E-state index is 12.0. The van der Waals surface area contributed by atoms with E-state index in [2.05, 4.69) is 36.8 Å². The first-order chi connectivity index (χ1) is 10.3. The third kappa shape index (κ3) is 5.11. The molecule has 1 heterocycles. The largest absolute Gasteiger partial charge is 0.364 e. The fourth-order valence-corrected chi connectivity index (χ4v) is 2.28. The van der Waals surface area contributed by atoms with Crippen LogP contribution in [0, 0.1) is 0 Å². The van der Waals surface area contributed by atoms with E-state index in [1.165, 1.54) is 0 Å².